The Morgan fingerprint density at radius 2 is 1.76 bits per heavy atom. The Morgan fingerprint density at radius 3 is 2.32 bits per heavy atom. The molecular weight excluding hydrogens is 818 g/mol. The number of alkyl halides is 2. The molecule has 4 N–H and O–H groups in total. The fraction of sp³-hybridized carbons (Fsp3) is 0.727. The third kappa shape index (κ3) is 7.80. The monoisotopic (exact) mass is 878 g/mol. The number of rotatable bonds is 12. The number of hydrogen-bond acceptors (Lipinski definition) is 15. The summed E-state index contributed by atoms with van der Waals surface area (Å²) in [5, 5.41) is 36.9. The van der Waals surface area contributed by atoms with Gasteiger partial charge in [0.15, 0.2) is 18.0 Å². The van der Waals surface area contributed by atoms with Crippen molar-refractivity contribution < 1.29 is 76.4 Å². The van der Waals surface area contributed by atoms with Gasteiger partial charge < -0.3 is 53.8 Å². The van der Waals surface area contributed by atoms with Gasteiger partial charge in [-0.25, -0.2) is 23.2 Å². The summed E-state index contributed by atoms with van der Waals surface area (Å²) in [6, 6.07) is 5.54. The number of nitrogens with one attached hydrogen (secondary N) is 1. The summed E-state index contributed by atoms with van der Waals surface area (Å²) in [5.74, 6) is -7.88. The van der Waals surface area contributed by atoms with Crippen molar-refractivity contribution in [1.82, 2.24) is 10.2 Å². The first-order valence-corrected chi connectivity index (χ1v) is 21.4. The van der Waals surface area contributed by atoms with Crippen LogP contribution in [0.1, 0.15) is 91.4 Å². The smallest absolute Gasteiger partial charge is 0.407 e. The molecule has 6 aliphatic rings. The van der Waals surface area contributed by atoms with E-state index < -0.39 is 119 Å². The lowest BCUT2D eigenvalue weighted by atomic mass is 9.45. The number of nitrogens with zero attached hydrogens (tertiary/aromatic N) is 1. The molecule has 13 atom stereocenters. The number of esters is 3. The second-order valence-corrected chi connectivity index (χ2v) is 19.0. The van der Waals surface area contributed by atoms with E-state index in [1.165, 1.54) is 20.8 Å². The number of fused-ring (bicyclic) bond motifs is 8. The minimum absolute atomic E-state index is 0.0669. The van der Waals surface area contributed by atoms with E-state index in [-0.39, 0.29) is 31.4 Å². The number of aliphatic hydroxyl groups excluding tert-OH is 2. The zero-order valence-corrected chi connectivity index (χ0v) is 36.4. The number of likely N-dealkylation sites (tertiary alicyclic amines) is 1. The lowest BCUT2D eigenvalue weighted by Crippen LogP contribution is -2.79. The van der Waals surface area contributed by atoms with Gasteiger partial charge in [-0.3, -0.25) is 9.69 Å². The van der Waals surface area contributed by atoms with Gasteiger partial charge in [-0.2, -0.15) is 0 Å². The Hall–Kier alpha value is -3.78. The fourth-order valence-corrected chi connectivity index (χ4v) is 11.1. The minimum Gasteiger partial charge on any atom is -0.456 e. The average Bonchev–Trinajstić information content (AvgIpc) is 3.59. The predicted octanol–water partition coefficient (Wildman–Crippen LogP) is 3.43. The van der Waals surface area contributed by atoms with E-state index >= 15 is 8.78 Å². The largest absolute Gasteiger partial charge is 0.456 e. The molecule has 0 radical (unpaired) electrons. The van der Waals surface area contributed by atoms with Crippen LogP contribution in [-0.2, 0) is 42.7 Å². The Morgan fingerprint density at radius 1 is 1.06 bits per heavy atom. The number of hydrogen-bond donors (Lipinski definition) is 4. The van der Waals surface area contributed by atoms with Gasteiger partial charge in [0, 0.05) is 50.2 Å². The molecule has 0 unspecified atom stereocenters. The van der Waals surface area contributed by atoms with Crippen LogP contribution in [-0.4, -0.2) is 149 Å². The van der Waals surface area contributed by atoms with Crippen molar-refractivity contribution in [2.75, 3.05) is 26.3 Å². The van der Waals surface area contributed by atoms with E-state index in [0.29, 0.717) is 37.5 Å². The number of ether oxygens (including phenoxy) is 7. The number of amides is 1. The highest BCUT2D eigenvalue weighted by Crippen LogP contribution is 2.66. The quantitative estimate of drug-likeness (QED) is 0.135. The summed E-state index contributed by atoms with van der Waals surface area (Å²) in [6.45, 7) is 12.5. The summed E-state index contributed by atoms with van der Waals surface area (Å²) in [6.07, 6.45) is -9.91. The summed E-state index contributed by atoms with van der Waals surface area (Å²) < 4.78 is 73.7. The molecule has 0 spiro atoms. The fourth-order valence-electron chi connectivity index (χ4n) is 11.1. The standard InChI is InChI=1S/C44H60F2N2O14/c1-22(2)57-39(54)47-34(42(8,45)46)31(51)38(53)58-27-18-44(55)36(61-37(52)25-12-10-9-11-13-25)33-41(7,16-14-28-43(33,21-56-28)62-24(4)50)35-32(30(23(27)3)40(44,5)6)59-29(60-35)19-48-17-15-26(48)20-49/h9-13,22,26-29,31-36,49,51,55H,14-21H2,1-8H3,(H,47,54)/t26-,27-,28+,29+,31+,32+,33-,34+,35+,36-,41+,43-,44+/m0/s1. The molecule has 7 rings (SSSR count). The number of carbonyl (C=O) groups is 4. The van der Waals surface area contributed by atoms with Crippen molar-refractivity contribution >= 4 is 24.0 Å². The lowest BCUT2D eigenvalue weighted by Gasteiger charge is -2.68. The summed E-state index contributed by atoms with van der Waals surface area (Å²) in [5.41, 5.74) is -5.20. The number of halogens is 2. The van der Waals surface area contributed by atoms with E-state index in [1.807, 2.05) is 17.1 Å². The Kier molecular flexibility index (Phi) is 12.4. The van der Waals surface area contributed by atoms with Gasteiger partial charge in [0.25, 0.3) is 5.92 Å². The van der Waals surface area contributed by atoms with Crippen LogP contribution in [0.5, 0.6) is 0 Å². The maximum atomic E-state index is 15.0. The summed E-state index contributed by atoms with van der Waals surface area (Å²) in [7, 11) is 0. The van der Waals surface area contributed by atoms with Crippen molar-refractivity contribution in [2.24, 2.45) is 16.7 Å². The van der Waals surface area contributed by atoms with Gasteiger partial charge in [-0.05, 0) is 63.3 Å². The van der Waals surface area contributed by atoms with Crippen molar-refractivity contribution in [3.63, 3.8) is 0 Å². The molecule has 0 aromatic heterocycles. The van der Waals surface area contributed by atoms with Crippen LogP contribution in [0.3, 0.4) is 0 Å². The Labute approximate surface area is 359 Å². The molecule has 1 aromatic rings. The number of alkyl carbamates (subject to hydrolysis) is 1. The molecule has 5 fully saturated rings. The SMILES string of the molecule is CC(=O)O[C@@]12CO[C@@H]1CC[C@@]1(C)[C@@H]3O[C@H](CN4CC[C@H]4CO)O[C@@H]3C3=C(C)[C@@H](OC(=O)[C@H](O)[C@@H](NC(=O)OC(C)C)C(C)(F)F)C[C@@](O)([C@@H](OC(=O)c4ccccc4)[C@@H]12)C3(C)C. The minimum atomic E-state index is -3.85. The van der Waals surface area contributed by atoms with Crippen LogP contribution >= 0.6 is 0 Å². The van der Waals surface area contributed by atoms with Gasteiger partial charge in [0.2, 0.25) is 0 Å². The molecule has 2 bridgehead atoms. The van der Waals surface area contributed by atoms with Crippen molar-refractivity contribution in [3.05, 3.63) is 47.0 Å². The van der Waals surface area contributed by atoms with E-state index in [1.54, 1.807) is 51.1 Å². The molecule has 3 heterocycles. The number of benzene rings is 1. The zero-order chi connectivity index (χ0) is 45.3. The third-order valence-corrected chi connectivity index (χ3v) is 14.4. The van der Waals surface area contributed by atoms with Gasteiger partial charge in [0.05, 0.1) is 36.9 Å². The van der Waals surface area contributed by atoms with Gasteiger partial charge in [-0.15, -0.1) is 0 Å². The highest BCUT2D eigenvalue weighted by atomic mass is 19.3. The highest BCUT2D eigenvalue weighted by molar-refractivity contribution is 5.89. The molecule has 18 heteroatoms. The summed E-state index contributed by atoms with van der Waals surface area (Å²) in [4.78, 5) is 55.9. The molecule has 2 saturated carbocycles. The van der Waals surface area contributed by atoms with Gasteiger partial charge in [0.1, 0.15) is 36.1 Å². The molecular formula is C44H60F2N2O14. The predicted molar refractivity (Wildman–Crippen MR) is 212 cm³/mol. The number of carbonyl (C=O) groups excluding carboxylic acids is 4. The highest BCUT2D eigenvalue weighted by Gasteiger charge is 2.77. The van der Waals surface area contributed by atoms with Crippen LogP contribution < -0.4 is 5.32 Å². The van der Waals surface area contributed by atoms with E-state index in [0.717, 1.165) is 6.42 Å². The van der Waals surface area contributed by atoms with Crippen LogP contribution in [0.2, 0.25) is 0 Å². The molecule has 16 nitrogen and oxygen atoms in total. The first-order valence-electron chi connectivity index (χ1n) is 21.4. The van der Waals surface area contributed by atoms with Crippen molar-refractivity contribution in [3.8, 4) is 0 Å². The molecule has 3 saturated heterocycles. The van der Waals surface area contributed by atoms with Crippen LogP contribution in [0.4, 0.5) is 13.6 Å². The molecule has 344 valence electrons. The molecule has 1 amide bonds. The normalized spacial score (nSPS) is 37.1. The van der Waals surface area contributed by atoms with Gasteiger partial charge >= 0.3 is 24.0 Å². The average molecular weight is 879 g/mol. The van der Waals surface area contributed by atoms with Crippen LogP contribution in [0, 0.1) is 16.7 Å². The first kappa shape index (κ1) is 46.2. The maximum Gasteiger partial charge on any atom is 0.407 e. The second kappa shape index (κ2) is 16.7. The second-order valence-electron chi connectivity index (χ2n) is 19.0. The van der Waals surface area contributed by atoms with Crippen LogP contribution in [0.15, 0.2) is 41.5 Å². The first-order chi connectivity index (χ1) is 29.0. The molecule has 3 aliphatic carbocycles. The van der Waals surface area contributed by atoms with E-state index in [2.05, 4.69) is 0 Å². The van der Waals surface area contributed by atoms with Crippen molar-refractivity contribution in [1.29, 1.82) is 0 Å². The van der Waals surface area contributed by atoms with Crippen LogP contribution in [0.25, 0.3) is 0 Å². The zero-order valence-electron chi connectivity index (χ0n) is 36.4. The van der Waals surface area contributed by atoms with E-state index in [9.17, 15) is 34.5 Å². The molecule has 1 aromatic carbocycles. The molecule has 3 aliphatic heterocycles. The van der Waals surface area contributed by atoms with Gasteiger partial charge in [-0.1, -0.05) is 39.0 Å². The topological polar surface area (TPSA) is 209 Å². The Balaban J connectivity index is 1.38. The molecule has 62 heavy (non-hydrogen) atoms. The number of aliphatic hydroxyl groups is 3. The summed E-state index contributed by atoms with van der Waals surface area (Å²) >= 11 is 0. The van der Waals surface area contributed by atoms with Crippen molar-refractivity contribution in [2.45, 2.75) is 159 Å². The lowest BCUT2D eigenvalue weighted by molar-refractivity contribution is -0.345. The van der Waals surface area contributed by atoms with E-state index in [4.69, 9.17) is 33.2 Å². The maximum absolute atomic E-state index is 15.0. The Bertz CT molecular complexity index is 1930. The third-order valence-electron chi connectivity index (χ3n) is 14.4.